The van der Waals surface area contributed by atoms with Crippen LogP contribution in [0.25, 0.3) is 0 Å². The van der Waals surface area contributed by atoms with Crippen LogP contribution in [0.1, 0.15) is 50.2 Å². The Morgan fingerprint density at radius 3 is 2.56 bits per heavy atom. The van der Waals surface area contributed by atoms with Crippen LogP contribution in [0, 0.1) is 26.7 Å². The van der Waals surface area contributed by atoms with Crippen LogP contribution in [-0.2, 0) is 9.53 Å². The third-order valence-electron chi connectivity index (χ3n) is 4.71. The summed E-state index contributed by atoms with van der Waals surface area (Å²) >= 11 is 0. The fraction of sp³-hybridized carbons (Fsp3) is 0.737. The first-order valence-corrected chi connectivity index (χ1v) is 9.34. The first kappa shape index (κ1) is 19.6. The second kappa shape index (κ2) is 9.13. The first-order chi connectivity index (χ1) is 11.9. The van der Waals surface area contributed by atoms with Crippen molar-refractivity contribution in [1.82, 2.24) is 15.3 Å². The Kier molecular flexibility index (Phi) is 7.17. The van der Waals surface area contributed by atoms with E-state index in [1.54, 1.807) is 0 Å². The van der Waals surface area contributed by atoms with E-state index in [4.69, 9.17) is 4.74 Å². The number of hydrogen-bond donors (Lipinski definition) is 1. The summed E-state index contributed by atoms with van der Waals surface area (Å²) in [6.07, 6.45) is 2.85. The lowest BCUT2D eigenvalue weighted by Gasteiger charge is -2.33. The molecule has 0 atom stereocenters. The van der Waals surface area contributed by atoms with E-state index >= 15 is 0 Å². The minimum atomic E-state index is 0.103. The molecule has 6 nitrogen and oxygen atoms in total. The zero-order valence-corrected chi connectivity index (χ0v) is 16.3. The molecule has 0 aliphatic carbocycles. The van der Waals surface area contributed by atoms with Gasteiger partial charge >= 0.3 is 0 Å². The Hall–Kier alpha value is -1.69. The average Bonchev–Trinajstić information content (AvgIpc) is 2.57. The summed E-state index contributed by atoms with van der Waals surface area (Å²) < 4.78 is 5.49. The van der Waals surface area contributed by atoms with Gasteiger partial charge in [-0.1, -0.05) is 0 Å². The zero-order chi connectivity index (χ0) is 18.4. The molecule has 25 heavy (non-hydrogen) atoms. The van der Waals surface area contributed by atoms with Crippen LogP contribution in [0.4, 0.5) is 5.82 Å². The molecule has 1 aliphatic rings. The normalized spacial score (nSPS) is 15.7. The summed E-state index contributed by atoms with van der Waals surface area (Å²) in [4.78, 5) is 23.6. The lowest BCUT2D eigenvalue weighted by Crippen LogP contribution is -2.41. The van der Waals surface area contributed by atoms with Crippen LogP contribution in [0.3, 0.4) is 0 Å². The van der Waals surface area contributed by atoms with E-state index in [1.807, 2.05) is 27.7 Å². The number of hydrogen-bond acceptors (Lipinski definition) is 5. The molecule has 0 spiro atoms. The third-order valence-corrected chi connectivity index (χ3v) is 4.71. The van der Waals surface area contributed by atoms with Gasteiger partial charge in [-0.15, -0.1) is 0 Å². The van der Waals surface area contributed by atoms with Gasteiger partial charge in [0, 0.05) is 43.4 Å². The molecule has 1 amide bonds. The standard InChI is InChI=1S/C19H32N4O2/c1-13(2)25-12-6-9-20-19(24)17-7-10-23(11-8-17)18-14(3)15(4)21-16(5)22-18/h13,17H,6-12H2,1-5H3,(H,20,24). The topological polar surface area (TPSA) is 67.4 Å². The van der Waals surface area contributed by atoms with E-state index in [9.17, 15) is 4.79 Å². The van der Waals surface area contributed by atoms with Crippen molar-refractivity contribution in [3.63, 3.8) is 0 Å². The minimum Gasteiger partial charge on any atom is -0.379 e. The van der Waals surface area contributed by atoms with Crippen molar-refractivity contribution in [2.24, 2.45) is 5.92 Å². The molecule has 2 heterocycles. The monoisotopic (exact) mass is 348 g/mol. The number of nitrogens with one attached hydrogen (secondary N) is 1. The summed E-state index contributed by atoms with van der Waals surface area (Å²) in [7, 11) is 0. The molecule has 1 N–H and O–H groups in total. The number of anilines is 1. The molecule has 1 aromatic rings. The van der Waals surface area contributed by atoms with E-state index in [0.29, 0.717) is 13.2 Å². The third kappa shape index (κ3) is 5.66. The van der Waals surface area contributed by atoms with Crippen molar-refractivity contribution in [2.75, 3.05) is 31.1 Å². The molecule has 0 aromatic carbocycles. The number of nitrogens with zero attached hydrogens (tertiary/aromatic N) is 3. The Morgan fingerprint density at radius 2 is 1.92 bits per heavy atom. The molecule has 0 saturated carbocycles. The molecule has 1 saturated heterocycles. The van der Waals surface area contributed by atoms with E-state index in [0.717, 1.165) is 55.3 Å². The van der Waals surface area contributed by atoms with Gasteiger partial charge in [0.15, 0.2) is 0 Å². The maximum absolute atomic E-state index is 12.3. The quantitative estimate of drug-likeness (QED) is 0.767. The van der Waals surface area contributed by atoms with Crippen LogP contribution in [0.15, 0.2) is 0 Å². The summed E-state index contributed by atoms with van der Waals surface area (Å²) in [6, 6.07) is 0. The van der Waals surface area contributed by atoms with Crippen molar-refractivity contribution in [3.8, 4) is 0 Å². The summed E-state index contributed by atoms with van der Waals surface area (Å²) in [5.74, 6) is 2.11. The lowest BCUT2D eigenvalue weighted by molar-refractivity contribution is -0.125. The highest BCUT2D eigenvalue weighted by molar-refractivity contribution is 5.79. The Morgan fingerprint density at radius 1 is 1.24 bits per heavy atom. The number of piperidine rings is 1. The number of carbonyl (C=O) groups excluding carboxylic acids is 1. The van der Waals surface area contributed by atoms with Crippen LogP contribution < -0.4 is 10.2 Å². The fourth-order valence-corrected chi connectivity index (χ4v) is 3.16. The molecular formula is C19H32N4O2. The van der Waals surface area contributed by atoms with Crippen molar-refractivity contribution in [3.05, 3.63) is 17.1 Å². The average molecular weight is 348 g/mol. The maximum atomic E-state index is 12.3. The van der Waals surface area contributed by atoms with Gasteiger partial charge in [0.25, 0.3) is 0 Å². The summed E-state index contributed by atoms with van der Waals surface area (Å²) in [5, 5.41) is 3.05. The van der Waals surface area contributed by atoms with Gasteiger partial charge in [0.1, 0.15) is 11.6 Å². The molecule has 6 heteroatoms. The number of aryl methyl sites for hydroxylation is 2. The predicted octanol–water partition coefficient (Wildman–Crippen LogP) is 2.55. The van der Waals surface area contributed by atoms with Gasteiger partial charge in [0.2, 0.25) is 5.91 Å². The van der Waals surface area contributed by atoms with Gasteiger partial charge in [-0.25, -0.2) is 9.97 Å². The maximum Gasteiger partial charge on any atom is 0.223 e. The van der Waals surface area contributed by atoms with Crippen molar-refractivity contribution >= 4 is 11.7 Å². The predicted molar refractivity (Wildman–Crippen MR) is 99.9 cm³/mol. The molecule has 1 aliphatic heterocycles. The molecule has 0 radical (unpaired) electrons. The molecule has 2 rings (SSSR count). The summed E-state index contributed by atoms with van der Waals surface area (Å²) in [5.41, 5.74) is 2.17. The van der Waals surface area contributed by atoms with Gasteiger partial charge in [-0.2, -0.15) is 0 Å². The van der Waals surface area contributed by atoms with Crippen LogP contribution in [-0.4, -0.2) is 48.2 Å². The van der Waals surface area contributed by atoms with E-state index in [2.05, 4.69) is 27.1 Å². The molecule has 0 unspecified atom stereocenters. The van der Waals surface area contributed by atoms with Gasteiger partial charge in [-0.3, -0.25) is 4.79 Å². The van der Waals surface area contributed by atoms with Crippen molar-refractivity contribution in [1.29, 1.82) is 0 Å². The first-order valence-electron chi connectivity index (χ1n) is 9.34. The summed E-state index contributed by atoms with van der Waals surface area (Å²) in [6.45, 7) is 13.2. The van der Waals surface area contributed by atoms with Crippen molar-refractivity contribution < 1.29 is 9.53 Å². The number of rotatable bonds is 7. The smallest absolute Gasteiger partial charge is 0.223 e. The highest BCUT2D eigenvalue weighted by atomic mass is 16.5. The zero-order valence-electron chi connectivity index (χ0n) is 16.3. The molecule has 1 fully saturated rings. The highest BCUT2D eigenvalue weighted by Crippen LogP contribution is 2.25. The number of amides is 1. The number of ether oxygens (including phenoxy) is 1. The van der Waals surface area contributed by atoms with Gasteiger partial charge in [0.05, 0.1) is 6.10 Å². The second-order valence-corrected chi connectivity index (χ2v) is 7.13. The fourth-order valence-electron chi connectivity index (χ4n) is 3.16. The molecular weight excluding hydrogens is 316 g/mol. The van der Waals surface area contributed by atoms with E-state index in [1.165, 1.54) is 0 Å². The van der Waals surface area contributed by atoms with E-state index < -0.39 is 0 Å². The van der Waals surface area contributed by atoms with Gasteiger partial charge in [-0.05, 0) is 53.9 Å². The Labute approximate surface area is 151 Å². The second-order valence-electron chi connectivity index (χ2n) is 7.13. The van der Waals surface area contributed by atoms with Gasteiger partial charge < -0.3 is 15.0 Å². The van der Waals surface area contributed by atoms with E-state index in [-0.39, 0.29) is 17.9 Å². The Bertz CT molecular complexity index is 581. The van der Waals surface area contributed by atoms with Crippen LogP contribution >= 0.6 is 0 Å². The van der Waals surface area contributed by atoms with Crippen LogP contribution in [0.2, 0.25) is 0 Å². The number of aromatic nitrogens is 2. The highest BCUT2D eigenvalue weighted by Gasteiger charge is 2.26. The Balaban J connectivity index is 1.78. The molecule has 140 valence electrons. The largest absolute Gasteiger partial charge is 0.379 e. The molecule has 1 aromatic heterocycles. The lowest BCUT2D eigenvalue weighted by atomic mass is 9.95. The number of carbonyl (C=O) groups is 1. The minimum absolute atomic E-state index is 0.103. The van der Waals surface area contributed by atoms with Crippen molar-refractivity contribution in [2.45, 2.75) is 60.0 Å². The molecule has 0 bridgehead atoms. The van der Waals surface area contributed by atoms with Crippen LogP contribution in [0.5, 0.6) is 0 Å². The SMILES string of the molecule is Cc1nc(C)c(C)c(N2CCC(C(=O)NCCCOC(C)C)CC2)n1.